The van der Waals surface area contributed by atoms with Crippen molar-refractivity contribution < 1.29 is 13.2 Å². The van der Waals surface area contributed by atoms with Gasteiger partial charge in [0.1, 0.15) is 0 Å². The second-order valence-electron chi connectivity index (χ2n) is 6.98. The summed E-state index contributed by atoms with van der Waals surface area (Å²) in [6.45, 7) is 1.04. The molecular weight excluding hydrogens is 454 g/mol. The average Bonchev–Trinajstić information content (AvgIpc) is 3.13. The molecule has 0 aliphatic carbocycles. The Balaban J connectivity index is 1.40. The predicted molar refractivity (Wildman–Crippen MR) is 122 cm³/mol. The highest BCUT2D eigenvalue weighted by Crippen LogP contribution is 2.35. The van der Waals surface area contributed by atoms with Crippen LogP contribution < -0.4 is 0 Å². The molecule has 1 amide bonds. The normalized spacial score (nSPS) is 15.4. The lowest BCUT2D eigenvalue weighted by Gasteiger charge is -2.33. The summed E-state index contributed by atoms with van der Waals surface area (Å²) in [7, 11) is -3.66. The fraction of sp³-hybridized carbons (Fsp3) is 0.182. The fourth-order valence-electron chi connectivity index (χ4n) is 3.39. The van der Waals surface area contributed by atoms with Crippen LogP contribution in [0.5, 0.6) is 0 Å². The molecule has 6 nitrogen and oxygen atoms in total. The molecule has 0 unspecified atom stereocenters. The molecule has 1 aromatic heterocycles. The Morgan fingerprint density at radius 3 is 2.39 bits per heavy atom. The van der Waals surface area contributed by atoms with Gasteiger partial charge in [0.05, 0.1) is 21.6 Å². The highest BCUT2D eigenvalue weighted by atomic mass is 35.5. The molecular formula is C22H18ClN3O3S2. The molecule has 1 aliphatic rings. The van der Waals surface area contributed by atoms with Crippen LogP contribution in [0.25, 0.3) is 16.2 Å². The van der Waals surface area contributed by atoms with E-state index in [1.54, 1.807) is 11.0 Å². The number of piperazine rings is 1. The molecule has 9 heteroatoms. The SMILES string of the molecule is N#Cc1ccc(S(=O)(=O)N2CCN(C(=O)/C=C/c3sc4ccccc4c3Cl)CC2)cc1. The zero-order chi connectivity index (χ0) is 22.0. The van der Waals surface area contributed by atoms with E-state index in [9.17, 15) is 13.2 Å². The molecule has 0 saturated carbocycles. The minimum atomic E-state index is -3.66. The monoisotopic (exact) mass is 471 g/mol. The molecule has 3 aromatic rings. The largest absolute Gasteiger partial charge is 0.337 e. The topological polar surface area (TPSA) is 81.5 Å². The van der Waals surface area contributed by atoms with Crippen molar-refractivity contribution in [2.45, 2.75) is 4.90 Å². The first-order valence-electron chi connectivity index (χ1n) is 9.54. The number of nitriles is 1. The van der Waals surface area contributed by atoms with Crippen LogP contribution in [0, 0.1) is 11.3 Å². The highest BCUT2D eigenvalue weighted by molar-refractivity contribution is 7.89. The van der Waals surface area contributed by atoms with Gasteiger partial charge >= 0.3 is 0 Å². The van der Waals surface area contributed by atoms with E-state index in [4.69, 9.17) is 16.9 Å². The van der Waals surface area contributed by atoms with E-state index in [1.165, 1.54) is 46.0 Å². The van der Waals surface area contributed by atoms with Gasteiger partial charge in [0.2, 0.25) is 15.9 Å². The lowest BCUT2D eigenvalue weighted by Crippen LogP contribution is -2.50. The van der Waals surface area contributed by atoms with E-state index in [1.807, 2.05) is 30.3 Å². The van der Waals surface area contributed by atoms with E-state index in [2.05, 4.69) is 0 Å². The van der Waals surface area contributed by atoms with Gasteiger partial charge in [-0.25, -0.2) is 8.42 Å². The van der Waals surface area contributed by atoms with E-state index in [0.717, 1.165) is 15.0 Å². The van der Waals surface area contributed by atoms with E-state index < -0.39 is 10.0 Å². The van der Waals surface area contributed by atoms with Crippen molar-refractivity contribution in [3.05, 3.63) is 70.1 Å². The Morgan fingerprint density at radius 2 is 1.74 bits per heavy atom. The molecule has 4 rings (SSSR count). The Bertz CT molecular complexity index is 1300. The van der Waals surface area contributed by atoms with Crippen LogP contribution in [0.1, 0.15) is 10.4 Å². The van der Waals surface area contributed by atoms with Crippen LogP contribution in [-0.4, -0.2) is 49.7 Å². The quantitative estimate of drug-likeness (QED) is 0.539. The van der Waals surface area contributed by atoms with Gasteiger partial charge in [-0.15, -0.1) is 11.3 Å². The molecule has 31 heavy (non-hydrogen) atoms. The Labute approximate surface area is 189 Å². The van der Waals surface area contributed by atoms with E-state index in [-0.39, 0.29) is 23.9 Å². The Kier molecular flexibility index (Phi) is 6.12. The summed E-state index contributed by atoms with van der Waals surface area (Å²) < 4.78 is 28.0. The van der Waals surface area contributed by atoms with Gasteiger partial charge in [0.25, 0.3) is 0 Å². The molecule has 1 fully saturated rings. The third-order valence-corrected chi connectivity index (χ3v) is 8.68. The summed E-state index contributed by atoms with van der Waals surface area (Å²) in [5.41, 5.74) is 0.403. The molecule has 2 aromatic carbocycles. The average molecular weight is 472 g/mol. The number of halogens is 1. The van der Waals surface area contributed by atoms with Gasteiger partial charge in [-0.2, -0.15) is 9.57 Å². The Hall–Kier alpha value is -2.70. The smallest absolute Gasteiger partial charge is 0.246 e. The number of hydrogen-bond donors (Lipinski definition) is 0. The molecule has 2 heterocycles. The van der Waals surface area contributed by atoms with Crippen molar-refractivity contribution >= 4 is 55.0 Å². The summed E-state index contributed by atoms with van der Waals surface area (Å²) in [5, 5.41) is 10.5. The minimum Gasteiger partial charge on any atom is -0.337 e. The molecule has 0 atom stereocenters. The molecule has 1 aliphatic heterocycles. The van der Waals surface area contributed by atoms with Crippen LogP contribution in [0.15, 0.2) is 59.5 Å². The summed E-state index contributed by atoms with van der Waals surface area (Å²) in [6.07, 6.45) is 3.20. The van der Waals surface area contributed by atoms with Crippen LogP contribution in [-0.2, 0) is 14.8 Å². The number of sulfonamides is 1. The van der Waals surface area contributed by atoms with Gasteiger partial charge in [-0.3, -0.25) is 4.79 Å². The molecule has 1 saturated heterocycles. The first-order chi connectivity index (χ1) is 14.9. The third-order valence-electron chi connectivity index (χ3n) is 5.11. The zero-order valence-corrected chi connectivity index (χ0v) is 18.8. The van der Waals surface area contributed by atoms with Gasteiger partial charge in [0.15, 0.2) is 0 Å². The number of nitrogens with zero attached hydrogens (tertiary/aromatic N) is 3. The second kappa shape index (κ2) is 8.81. The molecule has 0 radical (unpaired) electrons. The number of fused-ring (bicyclic) bond motifs is 1. The number of rotatable bonds is 4. The first kappa shape index (κ1) is 21.5. The first-order valence-corrected chi connectivity index (χ1v) is 12.2. The van der Waals surface area contributed by atoms with Gasteiger partial charge < -0.3 is 4.90 Å². The number of benzene rings is 2. The summed E-state index contributed by atoms with van der Waals surface area (Å²) in [4.78, 5) is 15.2. The van der Waals surface area contributed by atoms with E-state index in [0.29, 0.717) is 23.7 Å². The summed E-state index contributed by atoms with van der Waals surface area (Å²) in [5.74, 6) is -0.177. The number of carbonyl (C=O) groups excluding carboxylic acids is 1. The van der Waals surface area contributed by atoms with Crippen molar-refractivity contribution in [3.8, 4) is 6.07 Å². The lowest BCUT2D eigenvalue weighted by atomic mass is 10.2. The van der Waals surface area contributed by atoms with Gasteiger partial charge in [-0.05, 0) is 36.4 Å². The number of thiophene rings is 1. The van der Waals surface area contributed by atoms with Crippen LogP contribution >= 0.6 is 22.9 Å². The molecule has 0 spiro atoms. The molecule has 0 bridgehead atoms. The maximum absolute atomic E-state index is 12.8. The van der Waals surface area contributed by atoms with Crippen molar-refractivity contribution in [2.75, 3.05) is 26.2 Å². The summed E-state index contributed by atoms with van der Waals surface area (Å²) >= 11 is 7.94. The van der Waals surface area contributed by atoms with Crippen molar-refractivity contribution in [1.82, 2.24) is 9.21 Å². The predicted octanol–water partition coefficient (Wildman–Crippen LogP) is 3.97. The molecule has 0 N–H and O–H groups in total. The van der Waals surface area contributed by atoms with Gasteiger partial charge in [0, 0.05) is 47.2 Å². The molecule has 158 valence electrons. The highest BCUT2D eigenvalue weighted by Gasteiger charge is 2.29. The van der Waals surface area contributed by atoms with Crippen LogP contribution in [0.4, 0.5) is 0 Å². The number of hydrogen-bond acceptors (Lipinski definition) is 5. The van der Waals surface area contributed by atoms with Crippen molar-refractivity contribution in [2.24, 2.45) is 0 Å². The van der Waals surface area contributed by atoms with Crippen molar-refractivity contribution in [1.29, 1.82) is 5.26 Å². The minimum absolute atomic E-state index is 0.144. The summed E-state index contributed by atoms with van der Waals surface area (Å²) in [6, 6.07) is 15.6. The maximum Gasteiger partial charge on any atom is 0.246 e. The zero-order valence-electron chi connectivity index (χ0n) is 16.4. The lowest BCUT2D eigenvalue weighted by molar-refractivity contribution is -0.127. The standard InChI is InChI=1S/C22H18ClN3O3S2/c23-22-18-3-1-2-4-19(18)30-20(22)9-10-21(27)25-11-13-26(14-12-25)31(28,29)17-7-5-16(15-24)6-8-17/h1-10H,11-14H2/b10-9+. The Morgan fingerprint density at radius 1 is 1.06 bits per heavy atom. The van der Waals surface area contributed by atoms with E-state index >= 15 is 0 Å². The second-order valence-corrected chi connectivity index (χ2v) is 10.4. The van der Waals surface area contributed by atoms with Gasteiger partial charge in [-0.1, -0.05) is 29.8 Å². The fourth-order valence-corrected chi connectivity index (χ4v) is 6.21. The number of carbonyl (C=O) groups is 1. The van der Waals surface area contributed by atoms with Crippen molar-refractivity contribution in [3.63, 3.8) is 0 Å². The third kappa shape index (κ3) is 4.36. The van der Waals surface area contributed by atoms with Crippen LogP contribution in [0.3, 0.4) is 0 Å². The van der Waals surface area contributed by atoms with Crippen LogP contribution in [0.2, 0.25) is 5.02 Å². The maximum atomic E-state index is 12.8. The number of amides is 1.